The maximum atomic E-state index is 13.5. The summed E-state index contributed by atoms with van der Waals surface area (Å²) in [4.78, 5) is 27.0. The molecule has 0 saturated heterocycles. The van der Waals surface area contributed by atoms with E-state index < -0.39 is 35.4 Å². The lowest BCUT2D eigenvalue weighted by Gasteiger charge is -2.29. The average molecular weight is 473 g/mol. The maximum Gasteiger partial charge on any atom is 0.370 e. The minimum absolute atomic E-state index is 0.215. The fourth-order valence-corrected chi connectivity index (χ4v) is 9.47. The first-order valence-corrected chi connectivity index (χ1v) is 20.0. The summed E-state index contributed by atoms with van der Waals surface area (Å²) < 4.78 is 11.0. The first-order chi connectivity index (χ1) is 14.4. The first-order valence-electron chi connectivity index (χ1n) is 11.0. The molecule has 0 saturated carbocycles. The largest absolute Gasteiger partial charge is 0.469 e. The second-order valence-electron chi connectivity index (χ2n) is 9.85. The van der Waals surface area contributed by atoms with Gasteiger partial charge in [-0.15, -0.1) is 0 Å². The molecule has 0 heterocycles. The third-order valence-electron chi connectivity index (χ3n) is 5.53. The zero-order chi connectivity index (χ0) is 23.4. The molecule has 0 aliphatic rings. The molecule has 0 aliphatic heterocycles. The van der Waals surface area contributed by atoms with Crippen molar-refractivity contribution < 1.29 is 19.1 Å². The molecule has 31 heavy (non-hydrogen) atoms. The van der Waals surface area contributed by atoms with Crippen molar-refractivity contribution in [3.05, 3.63) is 48.5 Å². The van der Waals surface area contributed by atoms with Crippen LogP contribution in [-0.4, -0.2) is 48.6 Å². The standard InChI is InChI=1S/C24H36O4Si3/c1-9-27-23(25)31(24(26)28-10-2,21-15-11-19(12-16-21)29(3,4)5)22-17-13-20(14-18-22)30(6,7)8/h11-18H,9-10H2,1-8H3. The van der Waals surface area contributed by atoms with Gasteiger partial charge in [0.2, 0.25) is 0 Å². The molecule has 0 amide bonds. The lowest BCUT2D eigenvalue weighted by atomic mass is 10.3. The Morgan fingerprint density at radius 1 is 0.581 bits per heavy atom. The minimum Gasteiger partial charge on any atom is -0.469 e. The van der Waals surface area contributed by atoms with Gasteiger partial charge in [0.25, 0.3) is 11.2 Å². The highest BCUT2D eigenvalue weighted by molar-refractivity contribution is 7.37. The van der Waals surface area contributed by atoms with E-state index in [4.69, 9.17) is 9.47 Å². The predicted octanol–water partition coefficient (Wildman–Crippen LogP) is 3.82. The van der Waals surface area contributed by atoms with E-state index in [2.05, 4.69) is 63.5 Å². The van der Waals surface area contributed by atoms with Gasteiger partial charge >= 0.3 is 8.07 Å². The van der Waals surface area contributed by atoms with Crippen LogP contribution in [0.15, 0.2) is 48.5 Å². The van der Waals surface area contributed by atoms with Gasteiger partial charge in [0.1, 0.15) is 0 Å². The lowest BCUT2D eigenvalue weighted by molar-refractivity contribution is 0.168. The highest BCUT2D eigenvalue weighted by Gasteiger charge is 2.56. The molecule has 0 fully saturated rings. The van der Waals surface area contributed by atoms with E-state index in [-0.39, 0.29) is 13.2 Å². The van der Waals surface area contributed by atoms with Crippen LogP contribution in [0, 0.1) is 0 Å². The Labute approximate surface area is 190 Å². The van der Waals surface area contributed by atoms with Crippen LogP contribution in [0.3, 0.4) is 0 Å². The summed E-state index contributed by atoms with van der Waals surface area (Å²) in [5, 5.41) is 3.99. The minimum atomic E-state index is -3.65. The fraction of sp³-hybridized carbons (Fsp3) is 0.417. The Kier molecular flexibility index (Phi) is 7.89. The predicted molar refractivity (Wildman–Crippen MR) is 138 cm³/mol. The number of ether oxygens (including phenoxy) is 2. The van der Waals surface area contributed by atoms with Gasteiger partial charge in [-0.3, -0.25) is 9.59 Å². The van der Waals surface area contributed by atoms with Crippen LogP contribution < -0.4 is 20.7 Å². The van der Waals surface area contributed by atoms with Gasteiger partial charge in [0.15, 0.2) is 0 Å². The summed E-state index contributed by atoms with van der Waals surface area (Å²) in [6.07, 6.45) is 0. The van der Waals surface area contributed by atoms with Gasteiger partial charge in [-0.25, -0.2) is 0 Å². The van der Waals surface area contributed by atoms with Crippen molar-refractivity contribution >= 4 is 56.2 Å². The molecule has 0 atom stereocenters. The summed E-state index contributed by atoms with van der Waals surface area (Å²) in [5.74, 6) is 0. The highest BCUT2D eigenvalue weighted by atomic mass is 28.3. The Bertz CT molecular complexity index is 830. The molecule has 0 aromatic heterocycles. The van der Waals surface area contributed by atoms with Crippen LogP contribution in [0.5, 0.6) is 0 Å². The van der Waals surface area contributed by atoms with Crippen molar-refractivity contribution in [2.24, 2.45) is 0 Å². The second-order valence-corrected chi connectivity index (χ2v) is 23.5. The van der Waals surface area contributed by atoms with Crippen LogP contribution >= 0.6 is 0 Å². The van der Waals surface area contributed by atoms with Gasteiger partial charge in [-0.2, -0.15) is 0 Å². The Morgan fingerprint density at radius 3 is 1.06 bits per heavy atom. The highest BCUT2D eigenvalue weighted by Crippen LogP contribution is 2.15. The van der Waals surface area contributed by atoms with Crippen molar-refractivity contribution in [3.8, 4) is 0 Å². The van der Waals surface area contributed by atoms with Gasteiger partial charge < -0.3 is 9.47 Å². The van der Waals surface area contributed by atoms with E-state index in [1.165, 1.54) is 10.4 Å². The van der Waals surface area contributed by atoms with Crippen LogP contribution in [0.1, 0.15) is 13.8 Å². The molecule has 168 valence electrons. The lowest BCUT2D eigenvalue weighted by Crippen LogP contribution is -2.71. The first kappa shape index (κ1) is 25.3. The number of benzene rings is 2. The zero-order valence-electron chi connectivity index (χ0n) is 20.2. The third kappa shape index (κ3) is 5.27. The smallest absolute Gasteiger partial charge is 0.370 e. The molecule has 0 N–H and O–H groups in total. The van der Waals surface area contributed by atoms with E-state index in [1.54, 1.807) is 13.8 Å². The van der Waals surface area contributed by atoms with Crippen LogP contribution in [0.25, 0.3) is 0 Å². The molecule has 2 aromatic carbocycles. The summed E-state index contributed by atoms with van der Waals surface area (Å²) >= 11 is 0. The molecule has 0 spiro atoms. The molecule has 0 radical (unpaired) electrons. The quantitative estimate of drug-likeness (QED) is 0.548. The van der Waals surface area contributed by atoms with Gasteiger partial charge in [0.05, 0.1) is 29.4 Å². The summed E-state index contributed by atoms with van der Waals surface area (Å²) in [6, 6.07) is 16.0. The molecule has 0 unspecified atom stereocenters. The Hall–Kier alpha value is -1.97. The molecule has 0 bridgehead atoms. The second kappa shape index (κ2) is 9.67. The average Bonchev–Trinajstić information content (AvgIpc) is 2.68. The van der Waals surface area contributed by atoms with Crippen LogP contribution in [0.2, 0.25) is 39.3 Å². The maximum absolute atomic E-state index is 13.5. The van der Waals surface area contributed by atoms with E-state index in [9.17, 15) is 9.59 Å². The van der Waals surface area contributed by atoms with Crippen molar-refractivity contribution in [2.45, 2.75) is 53.1 Å². The van der Waals surface area contributed by atoms with E-state index in [0.29, 0.717) is 10.4 Å². The van der Waals surface area contributed by atoms with E-state index >= 15 is 0 Å². The van der Waals surface area contributed by atoms with Crippen molar-refractivity contribution in [2.75, 3.05) is 13.2 Å². The molecular formula is C24H36O4Si3. The number of carbonyl (C=O) groups excluding carboxylic acids is 2. The number of carbonyl (C=O) groups is 2. The zero-order valence-corrected chi connectivity index (χ0v) is 23.2. The van der Waals surface area contributed by atoms with Crippen molar-refractivity contribution in [1.29, 1.82) is 0 Å². The number of rotatable bonds is 8. The molecular weight excluding hydrogens is 437 g/mol. The van der Waals surface area contributed by atoms with Crippen LogP contribution in [0.4, 0.5) is 9.59 Å². The Morgan fingerprint density at radius 2 is 0.839 bits per heavy atom. The van der Waals surface area contributed by atoms with Crippen molar-refractivity contribution in [1.82, 2.24) is 0 Å². The fourth-order valence-electron chi connectivity index (χ4n) is 3.64. The van der Waals surface area contributed by atoms with E-state index in [0.717, 1.165) is 0 Å². The summed E-state index contributed by atoms with van der Waals surface area (Å²) in [7, 11) is -6.69. The molecule has 0 aliphatic carbocycles. The topological polar surface area (TPSA) is 52.6 Å². The monoisotopic (exact) mass is 472 g/mol. The number of hydrogen-bond acceptors (Lipinski definition) is 4. The van der Waals surface area contributed by atoms with Gasteiger partial charge in [-0.05, 0) is 24.2 Å². The van der Waals surface area contributed by atoms with Gasteiger partial charge in [0, 0.05) is 0 Å². The summed E-state index contributed by atoms with van der Waals surface area (Å²) in [5.41, 5.74) is -0.926. The molecule has 2 aromatic rings. The van der Waals surface area contributed by atoms with Gasteiger partial charge in [-0.1, -0.05) is 98.2 Å². The third-order valence-corrected chi connectivity index (χ3v) is 13.6. The van der Waals surface area contributed by atoms with Crippen molar-refractivity contribution in [3.63, 3.8) is 0 Å². The van der Waals surface area contributed by atoms with E-state index in [1.807, 2.05) is 24.3 Å². The summed E-state index contributed by atoms with van der Waals surface area (Å²) in [6.45, 7) is 17.6. The Balaban J connectivity index is 2.78. The number of hydrogen-bond donors (Lipinski definition) is 0. The molecule has 7 heteroatoms. The molecule has 2 rings (SSSR count). The normalized spacial score (nSPS) is 12.4. The van der Waals surface area contributed by atoms with Crippen LogP contribution in [-0.2, 0) is 9.47 Å². The SMILES string of the molecule is CCOC(=O)[Si](C(=O)OCC)(c1ccc([Si](C)(C)C)cc1)c1ccc([Si](C)(C)C)cc1. The molecule has 4 nitrogen and oxygen atoms in total.